The smallest absolute Gasteiger partial charge is 0.228 e. The quantitative estimate of drug-likeness (QED) is 0.746. The zero-order valence-electron chi connectivity index (χ0n) is 15.4. The largest absolute Gasteiger partial charge is 0.326 e. The van der Waals surface area contributed by atoms with Crippen molar-refractivity contribution in [2.24, 2.45) is 5.92 Å². The molecule has 2 N–H and O–H groups in total. The summed E-state index contributed by atoms with van der Waals surface area (Å²) < 4.78 is 1.07. The van der Waals surface area contributed by atoms with Gasteiger partial charge in [0.25, 0.3) is 0 Å². The molecule has 1 unspecified atom stereocenters. The van der Waals surface area contributed by atoms with Crippen LogP contribution in [0.1, 0.15) is 25.3 Å². The Morgan fingerprint density at radius 1 is 1.11 bits per heavy atom. The highest BCUT2D eigenvalue weighted by Gasteiger charge is 2.25. The van der Waals surface area contributed by atoms with E-state index in [-0.39, 0.29) is 17.7 Å². The second-order valence-electron chi connectivity index (χ2n) is 6.95. The van der Waals surface area contributed by atoms with Crippen LogP contribution >= 0.6 is 15.9 Å². The number of hydrogen-bond acceptors (Lipinski definition) is 3. The van der Waals surface area contributed by atoms with Crippen LogP contribution in [-0.2, 0) is 16.1 Å². The first-order valence-corrected chi connectivity index (χ1v) is 9.94. The Balaban J connectivity index is 1.58. The fourth-order valence-electron chi connectivity index (χ4n) is 3.38. The van der Waals surface area contributed by atoms with Gasteiger partial charge in [-0.2, -0.15) is 0 Å². The van der Waals surface area contributed by atoms with Crippen LogP contribution in [0.2, 0.25) is 0 Å². The monoisotopic (exact) mass is 429 g/mol. The molecule has 27 heavy (non-hydrogen) atoms. The van der Waals surface area contributed by atoms with Gasteiger partial charge in [-0.15, -0.1) is 0 Å². The van der Waals surface area contributed by atoms with E-state index in [0.717, 1.165) is 36.9 Å². The lowest BCUT2D eigenvalue weighted by atomic mass is 9.96. The molecule has 1 heterocycles. The molecule has 1 aliphatic rings. The Kier molecular flexibility index (Phi) is 6.63. The molecule has 0 saturated carbocycles. The number of nitrogens with one attached hydrogen (secondary N) is 2. The summed E-state index contributed by atoms with van der Waals surface area (Å²) in [7, 11) is 0. The van der Waals surface area contributed by atoms with Gasteiger partial charge in [-0.25, -0.2) is 0 Å². The van der Waals surface area contributed by atoms with E-state index in [1.54, 1.807) is 12.1 Å². The van der Waals surface area contributed by atoms with Crippen LogP contribution in [0.15, 0.2) is 53.0 Å². The van der Waals surface area contributed by atoms with Gasteiger partial charge in [0.15, 0.2) is 0 Å². The van der Waals surface area contributed by atoms with Crippen molar-refractivity contribution in [3.05, 3.63) is 58.6 Å². The zero-order valence-corrected chi connectivity index (χ0v) is 17.0. The standard InChI is InChI=1S/C21H24BrN3O2/c1-15(26)23-19-5-2-6-20(12-19)24-21(27)17-4-3-11-25(14-17)13-16-7-9-18(22)10-8-16/h2,5-10,12,17H,3-4,11,13-14H2,1H3,(H,23,26)(H,24,27). The van der Waals surface area contributed by atoms with E-state index in [0.29, 0.717) is 11.4 Å². The van der Waals surface area contributed by atoms with Crippen LogP contribution in [0, 0.1) is 5.92 Å². The highest BCUT2D eigenvalue weighted by molar-refractivity contribution is 9.10. The summed E-state index contributed by atoms with van der Waals surface area (Å²) in [6.45, 7) is 4.09. The van der Waals surface area contributed by atoms with Crippen LogP contribution in [0.3, 0.4) is 0 Å². The second-order valence-corrected chi connectivity index (χ2v) is 7.87. The number of nitrogens with zero attached hydrogens (tertiary/aromatic N) is 1. The molecule has 5 nitrogen and oxygen atoms in total. The average molecular weight is 430 g/mol. The van der Waals surface area contributed by atoms with E-state index < -0.39 is 0 Å². The minimum atomic E-state index is -0.130. The van der Waals surface area contributed by atoms with Gasteiger partial charge < -0.3 is 10.6 Å². The number of carbonyl (C=O) groups excluding carboxylic acids is 2. The topological polar surface area (TPSA) is 61.4 Å². The third-order valence-electron chi connectivity index (χ3n) is 4.65. The molecule has 2 amide bonds. The summed E-state index contributed by atoms with van der Waals surface area (Å²) in [5, 5.41) is 5.73. The molecule has 0 spiro atoms. The normalized spacial score (nSPS) is 17.3. The van der Waals surface area contributed by atoms with Gasteiger partial charge >= 0.3 is 0 Å². The van der Waals surface area contributed by atoms with Crippen molar-refractivity contribution in [2.45, 2.75) is 26.3 Å². The SMILES string of the molecule is CC(=O)Nc1cccc(NC(=O)C2CCCN(Cc3ccc(Br)cc3)C2)c1. The molecule has 1 aliphatic heterocycles. The van der Waals surface area contributed by atoms with E-state index >= 15 is 0 Å². The van der Waals surface area contributed by atoms with Crippen molar-refractivity contribution in [1.29, 1.82) is 0 Å². The number of anilines is 2. The van der Waals surface area contributed by atoms with Gasteiger partial charge in [0.1, 0.15) is 0 Å². The van der Waals surface area contributed by atoms with Crippen molar-refractivity contribution in [1.82, 2.24) is 4.90 Å². The Morgan fingerprint density at radius 2 is 1.81 bits per heavy atom. The summed E-state index contributed by atoms with van der Waals surface area (Å²) in [5.74, 6) is -0.122. The molecule has 6 heteroatoms. The van der Waals surface area contributed by atoms with Crippen molar-refractivity contribution in [3.63, 3.8) is 0 Å². The van der Waals surface area contributed by atoms with Gasteiger partial charge in [0, 0.05) is 35.9 Å². The maximum absolute atomic E-state index is 12.7. The van der Waals surface area contributed by atoms with E-state index in [9.17, 15) is 9.59 Å². The predicted molar refractivity (Wildman–Crippen MR) is 112 cm³/mol. The minimum absolute atomic E-state index is 0.0291. The lowest BCUT2D eigenvalue weighted by Crippen LogP contribution is -2.40. The fraction of sp³-hybridized carbons (Fsp3) is 0.333. The number of rotatable bonds is 5. The number of halogens is 1. The Bertz CT molecular complexity index is 807. The molecule has 2 aromatic carbocycles. The zero-order chi connectivity index (χ0) is 19.2. The van der Waals surface area contributed by atoms with Crippen molar-refractivity contribution in [3.8, 4) is 0 Å². The van der Waals surface area contributed by atoms with Crippen LogP contribution in [0.5, 0.6) is 0 Å². The van der Waals surface area contributed by atoms with E-state index in [1.807, 2.05) is 24.3 Å². The van der Waals surface area contributed by atoms with Crippen LogP contribution in [-0.4, -0.2) is 29.8 Å². The fourth-order valence-corrected chi connectivity index (χ4v) is 3.65. The second kappa shape index (κ2) is 9.15. The Morgan fingerprint density at radius 3 is 2.52 bits per heavy atom. The molecular weight excluding hydrogens is 406 g/mol. The number of piperidine rings is 1. The third kappa shape index (κ3) is 5.91. The van der Waals surface area contributed by atoms with E-state index in [1.165, 1.54) is 12.5 Å². The summed E-state index contributed by atoms with van der Waals surface area (Å²) in [5.41, 5.74) is 2.64. The van der Waals surface area contributed by atoms with Crippen LogP contribution in [0.4, 0.5) is 11.4 Å². The van der Waals surface area contributed by atoms with Gasteiger partial charge in [0.05, 0.1) is 5.92 Å². The van der Waals surface area contributed by atoms with Crippen molar-refractivity contribution >= 4 is 39.1 Å². The molecular formula is C21H24BrN3O2. The maximum atomic E-state index is 12.7. The maximum Gasteiger partial charge on any atom is 0.228 e. The number of amides is 2. The van der Waals surface area contributed by atoms with Crippen molar-refractivity contribution < 1.29 is 9.59 Å². The predicted octanol–water partition coefficient (Wildman–Crippen LogP) is 4.26. The number of carbonyl (C=O) groups is 2. The van der Waals surface area contributed by atoms with Crippen LogP contribution < -0.4 is 10.6 Å². The molecule has 3 rings (SSSR count). The molecule has 0 aliphatic carbocycles. The third-order valence-corrected chi connectivity index (χ3v) is 5.17. The molecule has 0 aromatic heterocycles. The first-order valence-electron chi connectivity index (χ1n) is 9.15. The lowest BCUT2D eigenvalue weighted by molar-refractivity contribution is -0.121. The lowest BCUT2D eigenvalue weighted by Gasteiger charge is -2.32. The van der Waals surface area contributed by atoms with Gasteiger partial charge in [-0.3, -0.25) is 14.5 Å². The highest BCUT2D eigenvalue weighted by Crippen LogP contribution is 2.22. The highest BCUT2D eigenvalue weighted by atomic mass is 79.9. The first-order chi connectivity index (χ1) is 13.0. The van der Waals surface area contributed by atoms with Gasteiger partial charge in [0.2, 0.25) is 11.8 Å². The van der Waals surface area contributed by atoms with Crippen LogP contribution in [0.25, 0.3) is 0 Å². The summed E-state index contributed by atoms with van der Waals surface area (Å²) in [4.78, 5) is 26.2. The molecule has 0 radical (unpaired) electrons. The first kappa shape index (κ1) is 19.6. The summed E-state index contributed by atoms with van der Waals surface area (Å²) >= 11 is 3.46. The minimum Gasteiger partial charge on any atom is -0.326 e. The molecule has 2 aromatic rings. The van der Waals surface area contributed by atoms with E-state index in [4.69, 9.17) is 0 Å². The van der Waals surface area contributed by atoms with Gasteiger partial charge in [-0.05, 0) is 55.3 Å². The van der Waals surface area contributed by atoms with Gasteiger partial charge in [-0.1, -0.05) is 34.1 Å². The Hall–Kier alpha value is -2.18. The average Bonchev–Trinajstić information content (AvgIpc) is 2.64. The Labute approximate surface area is 168 Å². The number of likely N-dealkylation sites (tertiary alicyclic amines) is 1. The van der Waals surface area contributed by atoms with E-state index in [2.05, 4.69) is 43.6 Å². The molecule has 1 fully saturated rings. The van der Waals surface area contributed by atoms with Crippen molar-refractivity contribution in [2.75, 3.05) is 23.7 Å². The number of hydrogen-bond donors (Lipinski definition) is 2. The summed E-state index contributed by atoms with van der Waals surface area (Å²) in [6, 6.07) is 15.6. The molecule has 1 atom stereocenters. The summed E-state index contributed by atoms with van der Waals surface area (Å²) in [6.07, 6.45) is 1.91. The number of benzene rings is 2. The molecule has 142 valence electrons. The molecule has 1 saturated heterocycles. The molecule has 0 bridgehead atoms.